The summed E-state index contributed by atoms with van der Waals surface area (Å²) in [6, 6.07) is 12.0. The first kappa shape index (κ1) is 24.6. The molecule has 1 amide bonds. The molecule has 1 fully saturated rings. The lowest BCUT2D eigenvalue weighted by Gasteiger charge is -2.11. The van der Waals surface area contributed by atoms with Gasteiger partial charge < -0.3 is 15.6 Å². The predicted octanol–water partition coefficient (Wildman–Crippen LogP) is 5.43. The van der Waals surface area contributed by atoms with Gasteiger partial charge in [0.2, 0.25) is 0 Å². The summed E-state index contributed by atoms with van der Waals surface area (Å²) in [5, 5.41) is 3.39. The quantitative estimate of drug-likeness (QED) is 0.342. The number of nitrogens with zero attached hydrogens (tertiary/aromatic N) is 4. The van der Waals surface area contributed by atoms with E-state index >= 15 is 4.39 Å². The van der Waals surface area contributed by atoms with Gasteiger partial charge in [0.05, 0.1) is 20.8 Å². The zero-order valence-corrected chi connectivity index (χ0v) is 21.4. The van der Waals surface area contributed by atoms with E-state index < -0.39 is 15.5 Å². The normalized spacial score (nSPS) is 14.6. The molecule has 0 radical (unpaired) electrons. The summed E-state index contributed by atoms with van der Waals surface area (Å²) in [5.41, 5.74) is 10.8. The fourth-order valence-electron chi connectivity index (χ4n) is 4.61. The van der Waals surface area contributed by atoms with Gasteiger partial charge in [-0.2, -0.15) is 4.36 Å². The summed E-state index contributed by atoms with van der Waals surface area (Å²) < 4.78 is 34.3. The molecule has 5 rings (SSSR count). The average molecular weight is 519 g/mol. The van der Waals surface area contributed by atoms with E-state index in [9.17, 15) is 9.00 Å². The zero-order chi connectivity index (χ0) is 26.3. The van der Waals surface area contributed by atoms with Crippen molar-refractivity contribution in [3.05, 3.63) is 66.8 Å². The number of rotatable bonds is 5. The molecule has 1 aliphatic rings. The highest BCUT2D eigenvalue weighted by molar-refractivity contribution is 7.93. The standard InChI is InChI=1S/C27H27FN6O2S/c1-16(2)27(35)32-19-9-6-17(7-10-19)24-22(23-25(29)30-15-31-26(23)34(24)3)18-8-11-21(20(28)14-18)33-37(36)12-4-5-13-37/h6-11,14-15H,1,4-5,12-13H2,2-3H3,(H,32,35)(H2,29,30,31). The molecule has 0 aliphatic carbocycles. The third-order valence-corrected chi connectivity index (χ3v) is 8.86. The van der Waals surface area contributed by atoms with Crippen LogP contribution in [0.2, 0.25) is 0 Å². The summed E-state index contributed by atoms with van der Waals surface area (Å²) >= 11 is 0. The number of nitrogens with one attached hydrogen (secondary N) is 1. The highest BCUT2D eigenvalue weighted by atomic mass is 32.2. The second-order valence-corrected chi connectivity index (χ2v) is 11.7. The van der Waals surface area contributed by atoms with Crippen molar-refractivity contribution in [1.29, 1.82) is 0 Å². The van der Waals surface area contributed by atoms with E-state index in [1.165, 1.54) is 12.4 Å². The Labute approximate surface area is 214 Å². The number of fused-ring (bicyclic) bond motifs is 1. The molecule has 2 aromatic heterocycles. The van der Waals surface area contributed by atoms with Crippen LogP contribution >= 0.6 is 0 Å². The van der Waals surface area contributed by atoms with Crippen molar-refractivity contribution in [3.8, 4) is 22.4 Å². The minimum Gasteiger partial charge on any atom is -0.383 e. The Hall–Kier alpha value is -4.05. The molecule has 4 aromatic rings. The smallest absolute Gasteiger partial charge is 0.250 e. The van der Waals surface area contributed by atoms with Crippen LogP contribution in [0, 0.1) is 5.82 Å². The fraction of sp³-hybridized carbons (Fsp3) is 0.222. The van der Waals surface area contributed by atoms with Crippen LogP contribution in [0.1, 0.15) is 19.8 Å². The van der Waals surface area contributed by atoms with Crippen molar-refractivity contribution in [2.75, 3.05) is 22.6 Å². The molecule has 0 atom stereocenters. The van der Waals surface area contributed by atoms with E-state index in [1.54, 1.807) is 31.2 Å². The van der Waals surface area contributed by atoms with Crippen molar-refractivity contribution in [1.82, 2.24) is 14.5 Å². The minimum atomic E-state index is -2.41. The number of anilines is 2. The zero-order valence-electron chi connectivity index (χ0n) is 20.6. The minimum absolute atomic E-state index is 0.0965. The van der Waals surface area contributed by atoms with Crippen molar-refractivity contribution in [3.63, 3.8) is 0 Å². The topological polar surface area (TPSA) is 115 Å². The lowest BCUT2D eigenvalue weighted by molar-refractivity contribution is -0.112. The molecule has 190 valence electrons. The number of amides is 1. The lowest BCUT2D eigenvalue weighted by Crippen LogP contribution is -2.11. The van der Waals surface area contributed by atoms with E-state index in [-0.39, 0.29) is 17.4 Å². The van der Waals surface area contributed by atoms with Gasteiger partial charge in [0.1, 0.15) is 29.3 Å². The van der Waals surface area contributed by atoms with Gasteiger partial charge in [0.15, 0.2) is 0 Å². The summed E-state index contributed by atoms with van der Waals surface area (Å²) in [4.78, 5) is 20.6. The molecule has 1 aliphatic heterocycles. The molecule has 0 spiro atoms. The van der Waals surface area contributed by atoms with Crippen LogP contribution < -0.4 is 11.1 Å². The number of benzene rings is 2. The van der Waals surface area contributed by atoms with Gasteiger partial charge in [-0.3, -0.25) is 4.79 Å². The Morgan fingerprint density at radius 1 is 1.14 bits per heavy atom. The lowest BCUT2D eigenvalue weighted by atomic mass is 9.98. The predicted molar refractivity (Wildman–Crippen MR) is 146 cm³/mol. The Bertz CT molecular complexity index is 1670. The summed E-state index contributed by atoms with van der Waals surface area (Å²) in [5.74, 6) is 0.455. The number of aryl methyl sites for hydroxylation is 1. The molecule has 37 heavy (non-hydrogen) atoms. The third kappa shape index (κ3) is 4.60. The molecule has 10 heteroatoms. The first-order valence-corrected chi connectivity index (χ1v) is 13.7. The van der Waals surface area contributed by atoms with Crippen LogP contribution in [0.5, 0.6) is 0 Å². The molecular formula is C27H27FN6O2S. The number of hydrogen-bond acceptors (Lipinski definition) is 6. The maximum Gasteiger partial charge on any atom is 0.250 e. The average Bonchev–Trinajstić information content (AvgIpc) is 3.43. The summed E-state index contributed by atoms with van der Waals surface area (Å²) in [6.07, 6.45) is 3.08. The number of carbonyl (C=O) groups excluding carboxylic acids is 1. The van der Waals surface area contributed by atoms with Gasteiger partial charge in [0, 0.05) is 35.4 Å². The van der Waals surface area contributed by atoms with Crippen LogP contribution in [0.4, 0.5) is 21.6 Å². The van der Waals surface area contributed by atoms with Crippen molar-refractivity contribution < 1.29 is 13.4 Å². The Morgan fingerprint density at radius 3 is 2.46 bits per heavy atom. The van der Waals surface area contributed by atoms with Gasteiger partial charge in [-0.15, -0.1) is 0 Å². The molecule has 3 heterocycles. The Kier molecular flexibility index (Phi) is 6.28. The Balaban J connectivity index is 1.65. The van der Waals surface area contributed by atoms with Crippen molar-refractivity contribution >= 4 is 43.9 Å². The largest absolute Gasteiger partial charge is 0.383 e. The highest BCUT2D eigenvalue weighted by Gasteiger charge is 2.23. The summed E-state index contributed by atoms with van der Waals surface area (Å²) in [7, 11) is -0.552. The van der Waals surface area contributed by atoms with E-state index in [0.29, 0.717) is 44.9 Å². The van der Waals surface area contributed by atoms with Crippen LogP contribution in [0.3, 0.4) is 0 Å². The first-order chi connectivity index (χ1) is 17.7. The molecule has 0 saturated carbocycles. The van der Waals surface area contributed by atoms with Gasteiger partial charge in [-0.05, 0) is 55.2 Å². The maximum atomic E-state index is 15.3. The number of nitrogens with two attached hydrogens (primary N) is 1. The first-order valence-electron chi connectivity index (χ1n) is 11.9. The Morgan fingerprint density at radius 2 is 1.81 bits per heavy atom. The van der Waals surface area contributed by atoms with Crippen LogP contribution in [-0.4, -0.2) is 36.2 Å². The fourth-order valence-corrected chi connectivity index (χ4v) is 6.81. The van der Waals surface area contributed by atoms with E-state index in [0.717, 1.165) is 24.1 Å². The third-order valence-electron chi connectivity index (χ3n) is 6.48. The molecule has 0 unspecified atom stereocenters. The van der Waals surface area contributed by atoms with Gasteiger partial charge in [0.25, 0.3) is 5.91 Å². The molecule has 2 aromatic carbocycles. The highest BCUT2D eigenvalue weighted by Crippen LogP contribution is 2.42. The molecule has 8 nitrogen and oxygen atoms in total. The number of aromatic nitrogens is 3. The van der Waals surface area contributed by atoms with Crippen molar-refractivity contribution in [2.45, 2.75) is 19.8 Å². The molecule has 3 N–H and O–H groups in total. The van der Waals surface area contributed by atoms with Crippen LogP contribution in [0.15, 0.2) is 65.3 Å². The number of hydrogen-bond donors (Lipinski definition) is 2. The second kappa shape index (κ2) is 9.44. The SMILES string of the molecule is C=C(C)C(=O)Nc1ccc(-c2c(-c3ccc(N=S4(=O)CCCC4)c(F)c3)c3c(N)ncnc3n2C)cc1. The van der Waals surface area contributed by atoms with Crippen molar-refractivity contribution in [2.24, 2.45) is 11.4 Å². The van der Waals surface area contributed by atoms with Crippen LogP contribution in [0.25, 0.3) is 33.4 Å². The second-order valence-electron chi connectivity index (χ2n) is 9.20. The maximum absolute atomic E-state index is 15.3. The van der Waals surface area contributed by atoms with E-state index in [1.807, 2.05) is 23.7 Å². The van der Waals surface area contributed by atoms with Crippen LogP contribution in [-0.2, 0) is 21.6 Å². The monoisotopic (exact) mass is 518 g/mol. The van der Waals surface area contributed by atoms with Gasteiger partial charge >= 0.3 is 0 Å². The summed E-state index contributed by atoms with van der Waals surface area (Å²) in [6.45, 7) is 5.30. The van der Waals surface area contributed by atoms with E-state index in [2.05, 4.69) is 26.2 Å². The van der Waals surface area contributed by atoms with Gasteiger partial charge in [-0.25, -0.2) is 18.6 Å². The number of halogens is 1. The number of carbonyl (C=O) groups is 1. The molecule has 0 bridgehead atoms. The van der Waals surface area contributed by atoms with E-state index in [4.69, 9.17) is 5.73 Å². The molecular weight excluding hydrogens is 491 g/mol. The molecule has 1 saturated heterocycles. The van der Waals surface area contributed by atoms with Gasteiger partial charge in [-0.1, -0.05) is 24.8 Å². The number of nitrogen functional groups attached to an aromatic ring is 1.